The average molecular weight is 262 g/mol. The Bertz CT molecular complexity index is 501. The molecule has 1 unspecified atom stereocenters. The van der Waals surface area contributed by atoms with E-state index >= 15 is 0 Å². The Hall–Kier alpha value is -2.04. The lowest BCUT2D eigenvalue weighted by Gasteiger charge is -2.25. The summed E-state index contributed by atoms with van der Waals surface area (Å²) in [4.78, 5) is 26.7. The van der Waals surface area contributed by atoms with E-state index in [1.807, 2.05) is 0 Å². The van der Waals surface area contributed by atoms with Crippen molar-refractivity contribution in [2.45, 2.75) is 13.3 Å². The van der Waals surface area contributed by atoms with Crippen molar-refractivity contribution in [3.8, 4) is 0 Å². The third-order valence-corrected chi connectivity index (χ3v) is 3.48. The number of likely N-dealkylation sites (tertiary alicyclic amines) is 1. The fourth-order valence-electron chi connectivity index (χ4n) is 2.37. The van der Waals surface area contributed by atoms with Gasteiger partial charge in [0.2, 0.25) is 0 Å². The number of amides is 2. The minimum absolute atomic E-state index is 0.141. The van der Waals surface area contributed by atoms with Gasteiger partial charge in [-0.25, -0.2) is 9.59 Å². The Morgan fingerprint density at radius 1 is 1.37 bits per heavy atom. The van der Waals surface area contributed by atoms with Crippen molar-refractivity contribution in [2.75, 3.05) is 25.0 Å². The molecule has 2 rings (SSSR count). The topological polar surface area (TPSA) is 60.9 Å². The van der Waals surface area contributed by atoms with Gasteiger partial charge in [-0.3, -0.25) is 4.90 Å². The number of anilines is 1. The molecule has 1 aliphatic heterocycles. The minimum Gasteiger partial charge on any atom is -0.478 e. The number of benzene rings is 1. The Labute approximate surface area is 112 Å². The largest absolute Gasteiger partial charge is 0.478 e. The standard InChI is InChI=1S/C14H18N2O3/c1-10-7-8-16(9-10)14(19)15(2)12-6-4-3-5-11(12)13(17)18/h3-6,10H,7-9H2,1-2H3,(H,17,18). The lowest BCUT2D eigenvalue weighted by atomic mass is 10.1. The highest BCUT2D eigenvalue weighted by molar-refractivity contribution is 6.01. The van der Waals surface area contributed by atoms with Gasteiger partial charge in [0.15, 0.2) is 0 Å². The van der Waals surface area contributed by atoms with Crippen LogP contribution < -0.4 is 4.90 Å². The number of hydrogen-bond donors (Lipinski definition) is 1. The second kappa shape index (κ2) is 5.30. The van der Waals surface area contributed by atoms with Crippen molar-refractivity contribution < 1.29 is 14.7 Å². The first-order valence-corrected chi connectivity index (χ1v) is 6.35. The highest BCUT2D eigenvalue weighted by Crippen LogP contribution is 2.23. The zero-order valence-electron chi connectivity index (χ0n) is 11.2. The molecule has 0 bridgehead atoms. The molecule has 19 heavy (non-hydrogen) atoms. The van der Waals surface area contributed by atoms with Crippen LogP contribution in [-0.2, 0) is 0 Å². The molecule has 0 saturated carbocycles. The van der Waals surface area contributed by atoms with Crippen molar-refractivity contribution in [1.29, 1.82) is 0 Å². The van der Waals surface area contributed by atoms with Gasteiger partial charge in [-0.15, -0.1) is 0 Å². The summed E-state index contributed by atoms with van der Waals surface area (Å²) < 4.78 is 0. The summed E-state index contributed by atoms with van der Waals surface area (Å²) in [7, 11) is 1.62. The van der Waals surface area contributed by atoms with Crippen molar-refractivity contribution in [1.82, 2.24) is 4.90 Å². The highest BCUT2D eigenvalue weighted by Gasteiger charge is 2.27. The molecule has 0 aromatic heterocycles. The Morgan fingerprint density at radius 2 is 2.05 bits per heavy atom. The van der Waals surface area contributed by atoms with E-state index in [-0.39, 0.29) is 11.6 Å². The molecule has 1 heterocycles. The Kier molecular flexibility index (Phi) is 3.74. The number of urea groups is 1. The van der Waals surface area contributed by atoms with Crippen LogP contribution in [0.25, 0.3) is 0 Å². The Morgan fingerprint density at radius 3 is 2.63 bits per heavy atom. The van der Waals surface area contributed by atoms with Crippen LogP contribution in [0.15, 0.2) is 24.3 Å². The molecule has 1 aromatic carbocycles. The van der Waals surface area contributed by atoms with E-state index in [2.05, 4.69) is 6.92 Å². The molecule has 0 aliphatic carbocycles. The van der Waals surface area contributed by atoms with Crippen molar-refractivity contribution in [2.24, 2.45) is 5.92 Å². The SMILES string of the molecule is CC1CCN(C(=O)N(C)c2ccccc2C(=O)O)C1. The van der Waals surface area contributed by atoms with E-state index in [1.165, 1.54) is 11.0 Å². The summed E-state index contributed by atoms with van der Waals surface area (Å²) >= 11 is 0. The number of hydrogen-bond acceptors (Lipinski definition) is 2. The lowest BCUT2D eigenvalue weighted by Crippen LogP contribution is -2.40. The van der Waals surface area contributed by atoms with Gasteiger partial charge < -0.3 is 10.0 Å². The molecule has 0 spiro atoms. The van der Waals surface area contributed by atoms with E-state index in [4.69, 9.17) is 5.11 Å². The van der Waals surface area contributed by atoms with Crippen LogP contribution in [0.2, 0.25) is 0 Å². The maximum atomic E-state index is 12.3. The fourth-order valence-corrected chi connectivity index (χ4v) is 2.37. The summed E-state index contributed by atoms with van der Waals surface area (Å²) in [6.45, 7) is 3.58. The number of carboxylic acids is 1. The normalized spacial score (nSPS) is 18.4. The number of carbonyl (C=O) groups excluding carboxylic acids is 1. The molecule has 0 radical (unpaired) electrons. The molecular weight excluding hydrogens is 244 g/mol. The van der Waals surface area contributed by atoms with E-state index in [9.17, 15) is 9.59 Å². The molecule has 1 fully saturated rings. The minimum atomic E-state index is -1.02. The third kappa shape index (κ3) is 2.70. The molecular formula is C14H18N2O3. The van der Waals surface area contributed by atoms with E-state index in [0.717, 1.165) is 19.5 Å². The number of rotatable bonds is 2. The first kappa shape index (κ1) is 13.4. The van der Waals surface area contributed by atoms with Gasteiger partial charge in [-0.1, -0.05) is 19.1 Å². The maximum absolute atomic E-state index is 12.3. The van der Waals surface area contributed by atoms with Gasteiger partial charge in [0.1, 0.15) is 0 Å². The van der Waals surface area contributed by atoms with Crippen LogP contribution in [0.3, 0.4) is 0 Å². The van der Waals surface area contributed by atoms with Gasteiger partial charge in [0.25, 0.3) is 0 Å². The predicted octanol–water partition coefficient (Wildman–Crippen LogP) is 2.28. The first-order chi connectivity index (χ1) is 9.00. The predicted molar refractivity (Wildman–Crippen MR) is 72.6 cm³/mol. The molecule has 1 aromatic rings. The van der Waals surface area contributed by atoms with Crippen LogP contribution >= 0.6 is 0 Å². The number of nitrogens with zero attached hydrogens (tertiary/aromatic N) is 2. The van der Waals surface area contributed by atoms with Crippen molar-refractivity contribution in [3.63, 3.8) is 0 Å². The van der Waals surface area contributed by atoms with Gasteiger partial charge >= 0.3 is 12.0 Å². The lowest BCUT2D eigenvalue weighted by molar-refractivity contribution is 0.0697. The third-order valence-electron chi connectivity index (χ3n) is 3.48. The Balaban J connectivity index is 2.22. The number of para-hydroxylation sites is 1. The van der Waals surface area contributed by atoms with Gasteiger partial charge in [0, 0.05) is 20.1 Å². The van der Waals surface area contributed by atoms with E-state index < -0.39 is 5.97 Å². The summed E-state index contributed by atoms with van der Waals surface area (Å²) in [5.41, 5.74) is 0.574. The molecule has 102 valence electrons. The smallest absolute Gasteiger partial charge is 0.337 e. The average Bonchev–Trinajstić information content (AvgIpc) is 2.83. The fraction of sp³-hybridized carbons (Fsp3) is 0.429. The highest BCUT2D eigenvalue weighted by atomic mass is 16.4. The molecule has 1 N–H and O–H groups in total. The molecule has 1 atom stereocenters. The zero-order valence-corrected chi connectivity index (χ0v) is 11.2. The first-order valence-electron chi connectivity index (χ1n) is 6.35. The number of carbonyl (C=O) groups is 2. The molecule has 5 heteroatoms. The van der Waals surface area contributed by atoms with Gasteiger partial charge in [-0.2, -0.15) is 0 Å². The molecule has 5 nitrogen and oxygen atoms in total. The van der Waals surface area contributed by atoms with E-state index in [0.29, 0.717) is 11.6 Å². The quantitative estimate of drug-likeness (QED) is 0.889. The second-order valence-corrected chi connectivity index (χ2v) is 5.00. The monoisotopic (exact) mass is 262 g/mol. The van der Waals surface area contributed by atoms with E-state index in [1.54, 1.807) is 30.1 Å². The number of aromatic carboxylic acids is 1. The maximum Gasteiger partial charge on any atom is 0.337 e. The second-order valence-electron chi connectivity index (χ2n) is 5.00. The van der Waals surface area contributed by atoms with Crippen molar-refractivity contribution in [3.05, 3.63) is 29.8 Å². The van der Waals surface area contributed by atoms with Gasteiger partial charge in [0.05, 0.1) is 11.3 Å². The summed E-state index contributed by atoms with van der Waals surface area (Å²) in [5, 5.41) is 9.15. The molecule has 1 saturated heterocycles. The van der Waals surface area contributed by atoms with Crippen LogP contribution in [0.4, 0.5) is 10.5 Å². The van der Waals surface area contributed by atoms with Gasteiger partial charge in [-0.05, 0) is 24.5 Å². The number of carboxylic acid groups (broad SMARTS) is 1. The van der Waals surface area contributed by atoms with Crippen LogP contribution in [0.5, 0.6) is 0 Å². The molecule has 1 aliphatic rings. The van der Waals surface area contributed by atoms with Crippen LogP contribution in [0, 0.1) is 5.92 Å². The summed E-state index contributed by atoms with van der Waals surface area (Å²) in [5.74, 6) is -0.517. The summed E-state index contributed by atoms with van der Waals surface area (Å²) in [6.07, 6.45) is 1.00. The molecule has 2 amide bonds. The van der Waals surface area contributed by atoms with Crippen LogP contribution in [-0.4, -0.2) is 42.1 Å². The van der Waals surface area contributed by atoms with Crippen molar-refractivity contribution >= 4 is 17.7 Å². The summed E-state index contributed by atoms with van der Waals surface area (Å²) in [6, 6.07) is 6.41. The zero-order chi connectivity index (χ0) is 14.0. The van der Waals surface area contributed by atoms with Crippen LogP contribution in [0.1, 0.15) is 23.7 Å².